The van der Waals surface area contributed by atoms with Crippen LogP contribution >= 0.6 is 0 Å². The van der Waals surface area contributed by atoms with Gasteiger partial charge in [0.15, 0.2) is 0 Å². The molecule has 0 saturated heterocycles. The van der Waals surface area contributed by atoms with Gasteiger partial charge in [-0.15, -0.1) is 6.58 Å². The lowest BCUT2D eigenvalue weighted by molar-refractivity contribution is -0.143. The first-order valence-electron chi connectivity index (χ1n) is 6.08. The van der Waals surface area contributed by atoms with Crippen LogP contribution in [0.2, 0.25) is 0 Å². The Morgan fingerprint density at radius 3 is 2.76 bits per heavy atom. The summed E-state index contributed by atoms with van der Waals surface area (Å²) >= 11 is 0. The molecular weight excluding hydrogens is 294 g/mol. The normalized spacial score (nSPS) is 10.9. The van der Waals surface area contributed by atoms with E-state index in [4.69, 9.17) is 10.00 Å². The molecule has 0 aliphatic carbocycles. The Balaban J connectivity index is 3.06. The van der Waals surface area contributed by atoms with Crippen LogP contribution in [0.15, 0.2) is 35.9 Å². The van der Waals surface area contributed by atoms with E-state index in [1.165, 1.54) is 18.2 Å². The molecule has 1 aromatic rings. The van der Waals surface area contributed by atoms with Crippen molar-refractivity contribution >= 4 is 16.0 Å². The molecule has 0 atom stereocenters. The number of hydrogen-bond donors (Lipinski definition) is 0. The summed E-state index contributed by atoms with van der Waals surface area (Å²) in [5.41, 5.74) is 0.106. The zero-order chi connectivity index (χ0) is 15.9. The van der Waals surface area contributed by atoms with E-state index in [2.05, 4.69) is 11.6 Å². The van der Waals surface area contributed by atoms with Gasteiger partial charge in [0.25, 0.3) is 0 Å². The second kappa shape index (κ2) is 7.52. The van der Waals surface area contributed by atoms with Gasteiger partial charge in [0.2, 0.25) is 10.0 Å². The highest BCUT2D eigenvalue weighted by Gasteiger charge is 2.26. The summed E-state index contributed by atoms with van der Waals surface area (Å²) < 4.78 is 30.5. The highest BCUT2D eigenvalue weighted by molar-refractivity contribution is 7.89. The molecule has 21 heavy (non-hydrogen) atoms. The maximum atomic E-state index is 12.4. The number of aromatic nitrogens is 1. The topological polar surface area (TPSA) is 100 Å². The third-order valence-corrected chi connectivity index (χ3v) is 4.23. The van der Waals surface area contributed by atoms with Crippen molar-refractivity contribution in [2.75, 3.05) is 19.7 Å². The van der Waals surface area contributed by atoms with Crippen molar-refractivity contribution in [3.05, 3.63) is 36.7 Å². The highest BCUT2D eigenvalue weighted by atomic mass is 32.2. The van der Waals surface area contributed by atoms with Crippen LogP contribution in [0.5, 0.6) is 0 Å². The van der Waals surface area contributed by atoms with Crippen LogP contribution in [0.3, 0.4) is 0 Å². The quantitative estimate of drug-likeness (QED) is 0.542. The van der Waals surface area contributed by atoms with Gasteiger partial charge in [-0.05, 0) is 19.1 Å². The second-order valence-corrected chi connectivity index (χ2v) is 5.82. The molecule has 0 bridgehead atoms. The number of sulfonamides is 1. The van der Waals surface area contributed by atoms with Gasteiger partial charge >= 0.3 is 5.97 Å². The Bertz CT molecular complexity index is 647. The maximum Gasteiger partial charge on any atom is 0.321 e. The molecule has 1 rings (SSSR count). The first kappa shape index (κ1) is 16.8. The van der Waals surface area contributed by atoms with Crippen LogP contribution in [0.25, 0.3) is 0 Å². The summed E-state index contributed by atoms with van der Waals surface area (Å²) in [6, 6.07) is 4.36. The van der Waals surface area contributed by atoms with E-state index in [1.807, 2.05) is 0 Å². The van der Waals surface area contributed by atoms with E-state index < -0.39 is 22.5 Å². The third-order valence-electron chi connectivity index (χ3n) is 2.43. The molecule has 1 heterocycles. The van der Waals surface area contributed by atoms with Crippen molar-refractivity contribution in [2.24, 2.45) is 0 Å². The van der Waals surface area contributed by atoms with Crippen molar-refractivity contribution in [3.8, 4) is 6.07 Å². The molecule has 8 heteroatoms. The average molecular weight is 309 g/mol. The minimum Gasteiger partial charge on any atom is -0.465 e. The van der Waals surface area contributed by atoms with E-state index in [-0.39, 0.29) is 23.7 Å². The van der Waals surface area contributed by atoms with Gasteiger partial charge in [-0.1, -0.05) is 6.08 Å². The molecule has 0 aromatic carbocycles. The van der Waals surface area contributed by atoms with Crippen LogP contribution < -0.4 is 0 Å². The largest absolute Gasteiger partial charge is 0.465 e. The van der Waals surface area contributed by atoms with E-state index in [0.29, 0.717) is 0 Å². The van der Waals surface area contributed by atoms with Crippen LogP contribution in [0.1, 0.15) is 12.6 Å². The number of nitriles is 1. The molecule has 0 amide bonds. The number of nitrogens with zero attached hydrogens (tertiary/aromatic N) is 3. The van der Waals surface area contributed by atoms with E-state index >= 15 is 0 Å². The number of esters is 1. The molecule has 7 nitrogen and oxygen atoms in total. The molecule has 0 N–H and O–H groups in total. The van der Waals surface area contributed by atoms with Gasteiger partial charge in [-0.2, -0.15) is 9.57 Å². The summed E-state index contributed by atoms with van der Waals surface area (Å²) in [4.78, 5) is 15.1. The minimum absolute atomic E-state index is 0.0405. The predicted molar refractivity (Wildman–Crippen MR) is 74.5 cm³/mol. The Labute approximate surface area is 123 Å². The molecule has 0 aliphatic rings. The smallest absolute Gasteiger partial charge is 0.321 e. The fourth-order valence-corrected chi connectivity index (χ4v) is 2.79. The maximum absolute atomic E-state index is 12.4. The lowest BCUT2D eigenvalue weighted by Crippen LogP contribution is -2.36. The van der Waals surface area contributed by atoms with Crippen molar-refractivity contribution in [3.63, 3.8) is 0 Å². The Morgan fingerprint density at radius 2 is 2.29 bits per heavy atom. The van der Waals surface area contributed by atoms with Crippen LogP contribution in [0.4, 0.5) is 0 Å². The number of carbonyl (C=O) groups is 1. The van der Waals surface area contributed by atoms with Gasteiger partial charge < -0.3 is 4.74 Å². The molecule has 0 aliphatic heterocycles. The number of hydrogen-bond acceptors (Lipinski definition) is 6. The summed E-state index contributed by atoms with van der Waals surface area (Å²) in [5, 5.41) is 8.66. The minimum atomic E-state index is -3.91. The lowest BCUT2D eigenvalue weighted by Gasteiger charge is -2.19. The van der Waals surface area contributed by atoms with Gasteiger partial charge in [0, 0.05) is 12.7 Å². The summed E-state index contributed by atoms with van der Waals surface area (Å²) in [7, 11) is -3.91. The second-order valence-electron chi connectivity index (χ2n) is 3.88. The van der Waals surface area contributed by atoms with Crippen LogP contribution in [-0.4, -0.2) is 43.4 Å². The predicted octanol–water partition coefficient (Wildman–Crippen LogP) is 0.693. The molecule has 1 aromatic heterocycles. The summed E-state index contributed by atoms with van der Waals surface area (Å²) in [5.74, 6) is -0.649. The van der Waals surface area contributed by atoms with Crippen LogP contribution in [0, 0.1) is 11.3 Å². The Hall–Kier alpha value is -2.24. The van der Waals surface area contributed by atoms with Crippen LogP contribution in [-0.2, 0) is 19.6 Å². The fraction of sp³-hybridized carbons (Fsp3) is 0.308. The van der Waals surface area contributed by atoms with E-state index in [0.717, 1.165) is 10.5 Å². The molecule has 0 spiro atoms. The van der Waals surface area contributed by atoms with E-state index in [1.54, 1.807) is 13.0 Å². The van der Waals surface area contributed by atoms with Gasteiger partial charge in [0.05, 0.1) is 6.61 Å². The Morgan fingerprint density at radius 1 is 1.57 bits per heavy atom. The zero-order valence-electron chi connectivity index (χ0n) is 11.5. The van der Waals surface area contributed by atoms with Gasteiger partial charge in [-0.25, -0.2) is 13.4 Å². The number of ether oxygens (including phenoxy) is 1. The van der Waals surface area contributed by atoms with Crippen molar-refractivity contribution in [1.29, 1.82) is 5.26 Å². The molecular formula is C13H15N3O4S. The molecule has 112 valence electrons. The molecule has 0 unspecified atom stereocenters. The molecule has 0 fully saturated rings. The fourth-order valence-electron chi connectivity index (χ4n) is 1.49. The zero-order valence-corrected chi connectivity index (χ0v) is 12.3. The van der Waals surface area contributed by atoms with Crippen molar-refractivity contribution in [1.82, 2.24) is 9.29 Å². The molecule has 0 saturated carbocycles. The van der Waals surface area contributed by atoms with Crippen molar-refractivity contribution in [2.45, 2.75) is 11.8 Å². The first-order valence-corrected chi connectivity index (χ1v) is 7.52. The molecule has 0 radical (unpaired) electrons. The van der Waals surface area contributed by atoms with Gasteiger partial charge in [0.1, 0.15) is 23.2 Å². The Kier molecular flexibility index (Phi) is 6.02. The standard InChI is InChI=1S/C13H15N3O4S/c1-3-7-16(10-13(17)20-4-2)21(18,19)12-6-5-11(8-14)15-9-12/h3,5-6,9H,1,4,7,10H2,2H3. The van der Waals surface area contributed by atoms with E-state index in [9.17, 15) is 13.2 Å². The highest BCUT2D eigenvalue weighted by Crippen LogP contribution is 2.15. The third kappa shape index (κ3) is 4.37. The summed E-state index contributed by atoms with van der Waals surface area (Å²) in [6.45, 7) is 4.82. The SMILES string of the molecule is C=CCN(CC(=O)OCC)S(=O)(=O)c1ccc(C#N)nc1. The number of carbonyl (C=O) groups excluding carboxylic acids is 1. The number of rotatable bonds is 7. The summed E-state index contributed by atoms with van der Waals surface area (Å²) in [6.07, 6.45) is 2.45. The lowest BCUT2D eigenvalue weighted by atomic mass is 10.4. The van der Waals surface area contributed by atoms with Gasteiger partial charge in [-0.3, -0.25) is 4.79 Å². The monoisotopic (exact) mass is 309 g/mol. The van der Waals surface area contributed by atoms with Crippen molar-refractivity contribution < 1.29 is 17.9 Å². The number of pyridine rings is 1. The average Bonchev–Trinajstić information content (AvgIpc) is 2.47. The first-order chi connectivity index (χ1) is 9.95.